The van der Waals surface area contributed by atoms with Crippen LogP contribution in [0.4, 0.5) is 4.39 Å². The van der Waals surface area contributed by atoms with Crippen molar-refractivity contribution in [2.24, 2.45) is 4.99 Å². The van der Waals surface area contributed by atoms with Crippen LogP contribution >= 0.6 is 11.3 Å². The van der Waals surface area contributed by atoms with Crippen LogP contribution in [0, 0.1) is 24.1 Å². The maximum absolute atomic E-state index is 13.3. The number of aromatic nitrogens is 1. The molecule has 1 saturated heterocycles. The minimum absolute atomic E-state index is 0.119. The molecule has 1 fully saturated rings. The molecular formula is C19H22FN4OS+. The van der Waals surface area contributed by atoms with Gasteiger partial charge in [0.05, 0.1) is 25.8 Å². The van der Waals surface area contributed by atoms with Gasteiger partial charge in [0.25, 0.3) is 0 Å². The third kappa shape index (κ3) is 4.73. The molecule has 1 aliphatic rings. The zero-order chi connectivity index (χ0) is 18.4. The number of nitriles is 1. The van der Waals surface area contributed by atoms with E-state index in [9.17, 15) is 9.65 Å². The van der Waals surface area contributed by atoms with Crippen molar-refractivity contribution in [3.63, 3.8) is 0 Å². The summed E-state index contributed by atoms with van der Waals surface area (Å²) in [5.74, 6) is -0.668. The van der Waals surface area contributed by atoms with Crippen molar-refractivity contribution in [2.45, 2.75) is 18.9 Å². The predicted octanol–water partition coefficient (Wildman–Crippen LogP) is 1.93. The van der Waals surface area contributed by atoms with Crippen LogP contribution in [0.1, 0.15) is 28.2 Å². The first kappa shape index (κ1) is 18.6. The lowest BCUT2D eigenvalue weighted by Gasteiger charge is -2.31. The Balaban J connectivity index is 1.74. The van der Waals surface area contributed by atoms with Crippen LogP contribution in [0.25, 0.3) is 0 Å². The lowest BCUT2D eigenvalue weighted by molar-refractivity contribution is -0.937. The van der Waals surface area contributed by atoms with Gasteiger partial charge in [-0.1, -0.05) is 12.1 Å². The number of aliphatic imine (C=N–C) groups is 1. The minimum Gasteiger partial charge on any atom is -0.370 e. The van der Waals surface area contributed by atoms with Gasteiger partial charge in [0.2, 0.25) is 0 Å². The number of nitrogens with one attached hydrogen (secondary N) is 1. The molecule has 5 nitrogen and oxygen atoms in total. The van der Waals surface area contributed by atoms with E-state index in [1.54, 1.807) is 6.21 Å². The van der Waals surface area contributed by atoms with E-state index in [-0.39, 0.29) is 11.9 Å². The number of quaternary nitrogens is 1. The summed E-state index contributed by atoms with van der Waals surface area (Å²) >= 11 is 1.48. The Morgan fingerprint density at radius 3 is 2.73 bits per heavy atom. The normalized spacial score (nSPS) is 17.9. The second kappa shape index (κ2) is 8.99. The Morgan fingerprint density at radius 1 is 1.38 bits per heavy atom. The van der Waals surface area contributed by atoms with Gasteiger partial charge in [-0.15, -0.1) is 11.3 Å². The first-order valence-electron chi connectivity index (χ1n) is 8.66. The molecule has 7 heteroatoms. The predicted molar refractivity (Wildman–Crippen MR) is 99.2 cm³/mol. The van der Waals surface area contributed by atoms with Crippen LogP contribution in [0.3, 0.4) is 0 Å². The first-order chi connectivity index (χ1) is 12.7. The minimum atomic E-state index is -0.428. The number of rotatable bonds is 6. The van der Waals surface area contributed by atoms with Gasteiger partial charge in [-0.2, -0.15) is 5.26 Å². The molecule has 2 atom stereocenters. The molecule has 0 unspecified atom stereocenters. The van der Waals surface area contributed by atoms with Crippen molar-refractivity contribution in [2.75, 3.05) is 32.8 Å². The maximum atomic E-state index is 13.3. The maximum Gasteiger partial charge on any atom is 0.133 e. The van der Waals surface area contributed by atoms with E-state index in [2.05, 4.69) is 16.0 Å². The first-order valence-corrected chi connectivity index (χ1v) is 9.54. The third-order valence-electron chi connectivity index (χ3n) is 4.48. The number of halogens is 1. The molecule has 1 aromatic heterocycles. The fraction of sp³-hybridized carbons (Fsp3) is 0.421. The van der Waals surface area contributed by atoms with Gasteiger partial charge in [-0.25, -0.2) is 9.37 Å². The molecule has 1 aliphatic heterocycles. The summed E-state index contributed by atoms with van der Waals surface area (Å²) in [6.45, 7) is 5.68. The lowest BCUT2D eigenvalue weighted by Crippen LogP contribution is -3.14. The number of morpholine rings is 1. The van der Waals surface area contributed by atoms with Crippen LogP contribution in [0.15, 0.2) is 34.6 Å². The average Bonchev–Trinajstić information content (AvgIpc) is 3.10. The van der Waals surface area contributed by atoms with Crippen molar-refractivity contribution >= 4 is 17.6 Å². The molecule has 3 rings (SSSR count). The second-order valence-electron chi connectivity index (χ2n) is 6.32. The average molecular weight is 373 g/mol. The van der Waals surface area contributed by atoms with Crippen molar-refractivity contribution in [1.82, 2.24) is 4.98 Å². The highest BCUT2D eigenvalue weighted by atomic mass is 32.1. The van der Waals surface area contributed by atoms with Gasteiger partial charge in [-0.3, -0.25) is 4.99 Å². The SMILES string of the molecule is Cc1csc([C@H](C#N)C=NC[C@@H](c2ccc(F)cc2)[NH+]2CCOCC2)n1. The zero-order valence-electron chi connectivity index (χ0n) is 14.7. The smallest absolute Gasteiger partial charge is 0.133 e. The molecule has 136 valence electrons. The number of nitrogens with zero attached hydrogens (tertiary/aromatic N) is 3. The van der Waals surface area contributed by atoms with E-state index in [0.29, 0.717) is 6.54 Å². The molecule has 0 saturated carbocycles. The second-order valence-corrected chi connectivity index (χ2v) is 7.21. The highest BCUT2D eigenvalue weighted by molar-refractivity contribution is 7.09. The highest BCUT2D eigenvalue weighted by Gasteiger charge is 2.26. The van der Waals surface area contributed by atoms with Gasteiger partial charge < -0.3 is 9.64 Å². The largest absolute Gasteiger partial charge is 0.370 e. The van der Waals surface area contributed by atoms with Gasteiger partial charge in [0, 0.05) is 22.9 Å². The Morgan fingerprint density at radius 2 is 2.12 bits per heavy atom. The summed E-state index contributed by atoms with van der Waals surface area (Å²) in [5, 5.41) is 12.1. The van der Waals surface area contributed by atoms with Crippen molar-refractivity contribution < 1.29 is 14.0 Å². The monoisotopic (exact) mass is 373 g/mol. The summed E-state index contributed by atoms with van der Waals surface area (Å²) < 4.78 is 18.7. The molecule has 0 bridgehead atoms. The standard InChI is InChI=1S/C19H21FN4OS/c1-14-13-26-19(23-14)16(10-21)11-22-12-18(24-6-8-25-9-7-24)15-2-4-17(20)5-3-15/h2-5,11,13,16,18H,6-9,12H2,1H3/p+1/t16-,18+/m1/s1. The summed E-state index contributed by atoms with van der Waals surface area (Å²) in [6, 6.07) is 9.00. The highest BCUT2D eigenvalue weighted by Crippen LogP contribution is 2.18. The molecule has 0 spiro atoms. The number of hydrogen-bond acceptors (Lipinski definition) is 5. The van der Waals surface area contributed by atoms with E-state index in [0.717, 1.165) is 42.6 Å². The molecular weight excluding hydrogens is 351 g/mol. The van der Waals surface area contributed by atoms with Gasteiger partial charge in [0.15, 0.2) is 0 Å². The molecule has 2 aromatic rings. The summed E-state index contributed by atoms with van der Waals surface area (Å²) in [4.78, 5) is 10.3. The van der Waals surface area contributed by atoms with Crippen LogP contribution < -0.4 is 4.90 Å². The van der Waals surface area contributed by atoms with Gasteiger partial charge in [0.1, 0.15) is 35.9 Å². The zero-order valence-corrected chi connectivity index (χ0v) is 15.5. The Labute approximate surface area is 156 Å². The quantitative estimate of drug-likeness (QED) is 0.787. The van der Waals surface area contributed by atoms with E-state index in [1.807, 2.05) is 24.4 Å². The van der Waals surface area contributed by atoms with E-state index in [4.69, 9.17) is 4.74 Å². The number of thiazole rings is 1. The Bertz CT molecular complexity index is 778. The van der Waals surface area contributed by atoms with Crippen LogP contribution in [-0.4, -0.2) is 44.0 Å². The van der Waals surface area contributed by atoms with Crippen molar-refractivity contribution in [1.29, 1.82) is 5.26 Å². The summed E-state index contributed by atoms with van der Waals surface area (Å²) in [6.07, 6.45) is 1.69. The van der Waals surface area contributed by atoms with Crippen molar-refractivity contribution in [3.05, 3.63) is 51.7 Å². The van der Waals surface area contributed by atoms with Crippen LogP contribution in [0.2, 0.25) is 0 Å². The van der Waals surface area contributed by atoms with E-state index >= 15 is 0 Å². The number of aryl methyl sites for hydroxylation is 1. The molecule has 2 heterocycles. The number of ether oxygens (including phenoxy) is 1. The van der Waals surface area contributed by atoms with E-state index in [1.165, 1.54) is 28.4 Å². The molecule has 0 radical (unpaired) electrons. The van der Waals surface area contributed by atoms with E-state index < -0.39 is 5.92 Å². The lowest BCUT2D eigenvalue weighted by atomic mass is 10.0. The third-order valence-corrected chi connectivity index (χ3v) is 5.53. The summed E-state index contributed by atoms with van der Waals surface area (Å²) in [5.41, 5.74) is 1.97. The fourth-order valence-corrected chi connectivity index (χ4v) is 3.89. The number of benzene rings is 1. The topological polar surface area (TPSA) is 62.7 Å². The summed E-state index contributed by atoms with van der Waals surface area (Å²) in [7, 11) is 0. The molecule has 26 heavy (non-hydrogen) atoms. The Hall–Kier alpha value is -2.14. The van der Waals surface area contributed by atoms with Gasteiger partial charge >= 0.3 is 0 Å². The molecule has 0 aliphatic carbocycles. The molecule has 0 amide bonds. The molecule has 1 aromatic carbocycles. The van der Waals surface area contributed by atoms with Gasteiger partial charge in [-0.05, 0) is 19.1 Å². The van der Waals surface area contributed by atoms with Crippen LogP contribution in [0.5, 0.6) is 0 Å². The number of hydrogen-bond donors (Lipinski definition) is 1. The molecule has 1 N–H and O–H groups in total. The fourth-order valence-electron chi connectivity index (χ4n) is 3.09. The van der Waals surface area contributed by atoms with Crippen LogP contribution in [-0.2, 0) is 4.74 Å². The Kier molecular flexibility index (Phi) is 6.45. The van der Waals surface area contributed by atoms with Crippen molar-refractivity contribution in [3.8, 4) is 6.07 Å².